The van der Waals surface area contributed by atoms with Gasteiger partial charge in [-0.1, -0.05) is 24.3 Å². The van der Waals surface area contributed by atoms with E-state index < -0.39 is 11.9 Å². The Kier molecular flexibility index (Phi) is 4.71. The molecule has 2 atom stereocenters. The third-order valence-electron chi connectivity index (χ3n) is 5.87. The Morgan fingerprint density at radius 3 is 2.71 bits per heavy atom. The van der Waals surface area contributed by atoms with Crippen molar-refractivity contribution in [2.45, 2.75) is 25.8 Å². The van der Waals surface area contributed by atoms with Crippen LogP contribution in [0.4, 0.5) is 0 Å². The molecule has 0 saturated heterocycles. The van der Waals surface area contributed by atoms with Gasteiger partial charge in [0, 0.05) is 40.8 Å². The van der Waals surface area contributed by atoms with E-state index in [0.717, 1.165) is 24.2 Å². The number of allylic oxidation sites excluding steroid dienone is 1. The maximum atomic E-state index is 12.5. The van der Waals surface area contributed by atoms with Gasteiger partial charge < -0.3 is 19.4 Å². The summed E-state index contributed by atoms with van der Waals surface area (Å²) in [6.07, 6.45) is 5.11. The zero-order chi connectivity index (χ0) is 19.8. The predicted molar refractivity (Wildman–Crippen MR) is 105 cm³/mol. The minimum atomic E-state index is -0.413. The van der Waals surface area contributed by atoms with E-state index in [1.165, 1.54) is 25.2 Å². The van der Waals surface area contributed by atoms with Crippen molar-refractivity contribution in [3.05, 3.63) is 58.9 Å². The summed E-state index contributed by atoms with van der Waals surface area (Å²) in [7, 11) is 2.73. The van der Waals surface area contributed by atoms with Gasteiger partial charge in [0.1, 0.15) is 0 Å². The molecule has 1 aromatic heterocycles. The third-order valence-corrected chi connectivity index (χ3v) is 5.87. The number of carbonyl (C=O) groups is 2. The summed E-state index contributed by atoms with van der Waals surface area (Å²) >= 11 is 0. The topological polar surface area (TPSA) is 71.6 Å². The van der Waals surface area contributed by atoms with Crippen molar-refractivity contribution in [2.24, 2.45) is 5.92 Å². The largest absolute Gasteiger partial charge is 0.466 e. The standard InChI is InChI=1S/C22H24N2O4/c1-4-13(21(25)27-2)16-11-19-20-15(14-7-5-6-8-18(14)23-20)9-10-24(19)12-17(16)22(26)28-3/h4-8,12,16,19,23H,9-11H2,1-3H3/b13-4-/t16-,19-/m0/s1. The summed E-state index contributed by atoms with van der Waals surface area (Å²) in [6.45, 7) is 2.61. The molecule has 0 radical (unpaired) electrons. The number of aromatic nitrogens is 1. The highest BCUT2D eigenvalue weighted by atomic mass is 16.5. The van der Waals surface area contributed by atoms with E-state index in [1.807, 2.05) is 12.3 Å². The Balaban J connectivity index is 1.81. The first kappa shape index (κ1) is 18.3. The van der Waals surface area contributed by atoms with Gasteiger partial charge in [0.05, 0.1) is 25.8 Å². The lowest BCUT2D eigenvalue weighted by atomic mass is 9.79. The highest BCUT2D eigenvalue weighted by Gasteiger charge is 2.40. The molecule has 2 aromatic rings. The Morgan fingerprint density at radius 1 is 1.21 bits per heavy atom. The third kappa shape index (κ3) is 2.80. The Morgan fingerprint density at radius 2 is 2.00 bits per heavy atom. The molecule has 0 amide bonds. The monoisotopic (exact) mass is 380 g/mol. The number of aromatic amines is 1. The smallest absolute Gasteiger partial charge is 0.335 e. The molecule has 146 valence electrons. The van der Waals surface area contributed by atoms with Gasteiger partial charge in [-0.3, -0.25) is 0 Å². The fourth-order valence-corrected chi connectivity index (χ4v) is 4.55. The van der Waals surface area contributed by atoms with Crippen molar-refractivity contribution in [1.29, 1.82) is 0 Å². The summed E-state index contributed by atoms with van der Waals surface area (Å²) in [5.41, 5.74) is 4.59. The van der Waals surface area contributed by atoms with Crippen LogP contribution in [0.15, 0.2) is 47.7 Å². The second-order valence-corrected chi connectivity index (χ2v) is 7.17. The number of nitrogens with zero attached hydrogens (tertiary/aromatic N) is 1. The molecule has 0 bridgehead atoms. The first-order valence-corrected chi connectivity index (χ1v) is 9.48. The van der Waals surface area contributed by atoms with Crippen LogP contribution in [0.25, 0.3) is 10.9 Å². The van der Waals surface area contributed by atoms with Gasteiger partial charge >= 0.3 is 11.9 Å². The van der Waals surface area contributed by atoms with Crippen molar-refractivity contribution >= 4 is 22.8 Å². The van der Waals surface area contributed by atoms with E-state index in [4.69, 9.17) is 9.47 Å². The number of hydrogen-bond donors (Lipinski definition) is 1. The van der Waals surface area contributed by atoms with E-state index in [9.17, 15) is 9.59 Å². The quantitative estimate of drug-likeness (QED) is 0.654. The lowest BCUT2D eigenvalue weighted by Crippen LogP contribution is -2.39. The predicted octanol–water partition coefficient (Wildman–Crippen LogP) is 3.26. The summed E-state index contributed by atoms with van der Waals surface area (Å²) in [4.78, 5) is 30.6. The summed E-state index contributed by atoms with van der Waals surface area (Å²) in [5.74, 6) is -1.19. The van der Waals surface area contributed by atoms with Crippen molar-refractivity contribution < 1.29 is 19.1 Å². The van der Waals surface area contributed by atoms with E-state index in [1.54, 1.807) is 13.0 Å². The molecule has 0 saturated carbocycles. The normalized spacial score (nSPS) is 21.6. The molecule has 6 heteroatoms. The SMILES string of the molecule is C/C=C(\C(=O)OC)[C@@H]1C[C@H]2c3[nH]c4ccccc4c3CCN2C=C1C(=O)OC. The molecule has 2 aliphatic rings. The molecule has 6 nitrogen and oxygen atoms in total. The highest BCUT2D eigenvalue weighted by Crippen LogP contribution is 2.44. The Labute approximate surface area is 163 Å². The Hall–Kier alpha value is -3.02. The van der Waals surface area contributed by atoms with Crippen molar-refractivity contribution in [3.63, 3.8) is 0 Å². The molecule has 0 spiro atoms. The van der Waals surface area contributed by atoms with Crippen LogP contribution < -0.4 is 0 Å². The lowest BCUT2D eigenvalue weighted by Gasteiger charge is -2.41. The van der Waals surface area contributed by atoms with Crippen molar-refractivity contribution in [1.82, 2.24) is 9.88 Å². The van der Waals surface area contributed by atoms with Crippen molar-refractivity contribution in [3.8, 4) is 0 Å². The summed E-state index contributed by atoms with van der Waals surface area (Å²) in [5, 5.41) is 1.25. The minimum absolute atomic E-state index is 0.0640. The van der Waals surface area contributed by atoms with Gasteiger partial charge in [0.25, 0.3) is 0 Å². The molecule has 1 aromatic carbocycles. The first-order chi connectivity index (χ1) is 13.6. The number of para-hydroxylation sites is 1. The number of methoxy groups -OCH3 is 2. The number of nitrogens with one attached hydrogen (secondary N) is 1. The average molecular weight is 380 g/mol. The van der Waals surface area contributed by atoms with E-state index in [2.05, 4.69) is 28.1 Å². The van der Waals surface area contributed by atoms with Crippen LogP contribution in [0.5, 0.6) is 0 Å². The number of hydrogen-bond acceptors (Lipinski definition) is 5. The molecule has 0 fully saturated rings. The molecular formula is C22H24N2O4. The zero-order valence-electron chi connectivity index (χ0n) is 16.3. The van der Waals surface area contributed by atoms with Crippen LogP contribution in [-0.4, -0.2) is 42.6 Å². The summed E-state index contributed by atoms with van der Waals surface area (Å²) in [6, 6.07) is 8.36. The highest BCUT2D eigenvalue weighted by molar-refractivity contribution is 5.96. The van der Waals surface area contributed by atoms with Crippen LogP contribution >= 0.6 is 0 Å². The lowest BCUT2D eigenvalue weighted by molar-refractivity contribution is -0.138. The number of ether oxygens (including phenoxy) is 2. The van der Waals surface area contributed by atoms with Gasteiger partial charge in [0.15, 0.2) is 0 Å². The Bertz CT molecular complexity index is 1000. The van der Waals surface area contributed by atoms with Gasteiger partial charge in [-0.25, -0.2) is 9.59 Å². The van der Waals surface area contributed by atoms with E-state index >= 15 is 0 Å². The fraction of sp³-hybridized carbons (Fsp3) is 0.364. The fourth-order valence-electron chi connectivity index (χ4n) is 4.55. The van der Waals surface area contributed by atoms with Crippen LogP contribution in [0.3, 0.4) is 0 Å². The van der Waals surface area contributed by atoms with Gasteiger partial charge in [-0.05, 0) is 31.4 Å². The summed E-state index contributed by atoms with van der Waals surface area (Å²) < 4.78 is 9.97. The number of esters is 2. The molecule has 0 aliphatic carbocycles. The van der Waals surface area contributed by atoms with Gasteiger partial charge in [-0.15, -0.1) is 0 Å². The maximum Gasteiger partial charge on any atom is 0.335 e. The van der Waals surface area contributed by atoms with Crippen LogP contribution in [0.1, 0.15) is 30.6 Å². The van der Waals surface area contributed by atoms with E-state index in [0.29, 0.717) is 17.6 Å². The number of fused-ring (bicyclic) bond motifs is 5. The second-order valence-electron chi connectivity index (χ2n) is 7.17. The maximum absolute atomic E-state index is 12.5. The number of carbonyl (C=O) groups excluding carboxylic acids is 2. The molecular weight excluding hydrogens is 356 g/mol. The van der Waals surface area contributed by atoms with Crippen LogP contribution in [0, 0.1) is 5.92 Å². The molecule has 28 heavy (non-hydrogen) atoms. The number of rotatable bonds is 3. The van der Waals surface area contributed by atoms with Crippen LogP contribution in [-0.2, 0) is 25.5 Å². The minimum Gasteiger partial charge on any atom is -0.466 e. The van der Waals surface area contributed by atoms with Gasteiger partial charge in [-0.2, -0.15) is 0 Å². The molecule has 0 unspecified atom stereocenters. The average Bonchev–Trinajstić information content (AvgIpc) is 3.12. The van der Waals surface area contributed by atoms with E-state index in [-0.39, 0.29) is 12.0 Å². The molecule has 1 N–H and O–H groups in total. The van der Waals surface area contributed by atoms with Gasteiger partial charge in [0.2, 0.25) is 0 Å². The molecule has 3 heterocycles. The second kappa shape index (κ2) is 7.19. The molecule has 4 rings (SSSR count). The number of benzene rings is 1. The number of H-pyrrole nitrogens is 1. The molecule has 2 aliphatic heterocycles. The van der Waals surface area contributed by atoms with Crippen molar-refractivity contribution in [2.75, 3.05) is 20.8 Å². The first-order valence-electron chi connectivity index (χ1n) is 9.48. The zero-order valence-corrected chi connectivity index (χ0v) is 16.3. The van der Waals surface area contributed by atoms with Crippen LogP contribution in [0.2, 0.25) is 0 Å².